The first-order valence-corrected chi connectivity index (χ1v) is 7.34. The molecule has 0 saturated carbocycles. The van der Waals surface area contributed by atoms with Crippen molar-refractivity contribution in [2.45, 2.75) is 39.3 Å². The van der Waals surface area contributed by atoms with Crippen molar-refractivity contribution >= 4 is 5.91 Å². The molecule has 1 aromatic carbocycles. The van der Waals surface area contributed by atoms with Crippen LogP contribution >= 0.6 is 0 Å². The maximum Gasteiger partial charge on any atom is 0.258 e. The van der Waals surface area contributed by atoms with Crippen molar-refractivity contribution < 1.29 is 14.3 Å². The number of nitrogens with one attached hydrogen (secondary N) is 2. The lowest BCUT2D eigenvalue weighted by atomic mass is 10.2. The molecule has 21 heavy (non-hydrogen) atoms. The summed E-state index contributed by atoms with van der Waals surface area (Å²) in [6.07, 6.45) is 2.02. The van der Waals surface area contributed by atoms with Crippen molar-refractivity contribution in [2.75, 3.05) is 20.8 Å². The Morgan fingerprint density at radius 2 is 2.14 bits per heavy atom. The molecule has 0 spiro atoms. The number of carbonyl (C=O) groups is 1. The van der Waals surface area contributed by atoms with Gasteiger partial charge in [-0.3, -0.25) is 4.79 Å². The highest BCUT2D eigenvalue weighted by Crippen LogP contribution is 2.24. The van der Waals surface area contributed by atoms with E-state index in [1.54, 1.807) is 7.11 Å². The Hall–Kier alpha value is -1.75. The average Bonchev–Trinajstić information content (AvgIpc) is 2.46. The zero-order chi connectivity index (χ0) is 15.7. The number of hydrogen-bond donors (Lipinski definition) is 2. The molecule has 1 unspecified atom stereocenters. The molecule has 1 aromatic rings. The lowest BCUT2D eigenvalue weighted by Crippen LogP contribution is -2.36. The third kappa shape index (κ3) is 6.04. The number of hydrogen-bond acceptors (Lipinski definition) is 4. The second-order valence-corrected chi connectivity index (χ2v) is 5.05. The Balaban J connectivity index is 2.59. The van der Waals surface area contributed by atoms with Gasteiger partial charge in [0.2, 0.25) is 0 Å². The Labute approximate surface area is 127 Å². The normalized spacial score (nSPS) is 11.8. The van der Waals surface area contributed by atoms with E-state index in [0.717, 1.165) is 24.2 Å². The summed E-state index contributed by atoms with van der Waals surface area (Å²) in [4.78, 5) is 11.8. The fraction of sp³-hybridized carbons (Fsp3) is 0.562. The van der Waals surface area contributed by atoms with Gasteiger partial charge >= 0.3 is 0 Å². The topological polar surface area (TPSA) is 59.6 Å². The zero-order valence-corrected chi connectivity index (χ0v) is 13.4. The van der Waals surface area contributed by atoms with Crippen molar-refractivity contribution in [2.24, 2.45) is 0 Å². The molecule has 0 saturated heterocycles. The Morgan fingerprint density at radius 1 is 1.38 bits per heavy atom. The molecule has 0 bridgehead atoms. The van der Waals surface area contributed by atoms with Crippen LogP contribution in [0, 0.1) is 0 Å². The molecule has 1 atom stereocenters. The molecule has 118 valence electrons. The van der Waals surface area contributed by atoms with Crippen LogP contribution in [0.4, 0.5) is 0 Å². The van der Waals surface area contributed by atoms with Gasteiger partial charge in [0.25, 0.3) is 5.91 Å². The quantitative estimate of drug-likeness (QED) is 0.732. The van der Waals surface area contributed by atoms with E-state index in [2.05, 4.69) is 17.6 Å². The van der Waals surface area contributed by atoms with Gasteiger partial charge in [-0.2, -0.15) is 0 Å². The first-order valence-electron chi connectivity index (χ1n) is 7.34. The second kappa shape index (κ2) is 9.23. The standard InChI is InChI=1S/C16H26N2O3/c1-5-6-12(2)18-16(19)11-21-15-8-7-14(20-4)9-13(15)10-17-3/h7-9,12,17H,5-6,10-11H2,1-4H3,(H,18,19). The summed E-state index contributed by atoms with van der Waals surface area (Å²) in [6.45, 7) is 4.78. The van der Waals surface area contributed by atoms with Gasteiger partial charge in [0.15, 0.2) is 6.61 Å². The molecular formula is C16H26N2O3. The van der Waals surface area contributed by atoms with Crippen LogP contribution in [0.5, 0.6) is 11.5 Å². The molecule has 5 heteroatoms. The van der Waals surface area contributed by atoms with Gasteiger partial charge in [-0.15, -0.1) is 0 Å². The number of ether oxygens (including phenoxy) is 2. The van der Waals surface area contributed by atoms with Gasteiger partial charge in [0.05, 0.1) is 7.11 Å². The van der Waals surface area contributed by atoms with Gasteiger partial charge < -0.3 is 20.1 Å². The number of rotatable bonds is 9. The van der Waals surface area contributed by atoms with Crippen LogP contribution in [0.2, 0.25) is 0 Å². The number of benzene rings is 1. The first kappa shape index (κ1) is 17.3. The van der Waals surface area contributed by atoms with E-state index in [9.17, 15) is 4.79 Å². The Kier molecular flexibility index (Phi) is 7.61. The van der Waals surface area contributed by atoms with Gasteiger partial charge in [-0.1, -0.05) is 13.3 Å². The number of methoxy groups -OCH3 is 1. The molecule has 0 aliphatic rings. The van der Waals surface area contributed by atoms with E-state index < -0.39 is 0 Å². The maximum atomic E-state index is 11.8. The van der Waals surface area contributed by atoms with E-state index in [-0.39, 0.29) is 18.6 Å². The van der Waals surface area contributed by atoms with E-state index in [0.29, 0.717) is 12.3 Å². The predicted octanol–water partition coefficient (Wildman–Crippen LogP) is 2.10. The van der Waals surface area contributed by atoms with Gasteiger partial charge in [0.1, 0.15) is 11.5 Å². The molecule has 0 aromatic heterocycles. The lowest BCUT2D eigenvalue weighted by molar-refractivity contribution is -0.123. The molecule has 0 aliphatic carbocycles. The van der Waals surface area contributed by atoms with Crippen molar-refractivity contribution in [3.8, 4) is 11.5 Å². The van der Waals surface area contributed by atoms with Crippen LogP contribution in [0.25, 0.3) is 0 Å². The van der Waals surface area contributed by atoms with Crippen LogP contribution in [0.3, 0.4) is 0 Å². The highest BCUT2D eigenvalue weighted by molar-refractivity contribution is 5.77. The van der Waals surface area contributed by atoms with Gasteiger partial charge in [-0.05, 0) is 38.6 Å². The zero-order valence-electron chi connectivity index (χ0n) is 13.4. The molecule has 0 aliphatic heterocycles. The number of carbonyl (C=O) groups excluding carboxylic acids is 1. The van der Waals surface area contributed by atoms with Gasteiger partial charge in [0, 0.05) is 18.2 Å². The summed E-state index contributed by atoms with van der Waals surface area (Å²) < 4.78 is 10.8. The molecule has 5 nitrogen and oxygen atoms in total. The maximum absolute atomic E-state index is 11.8. The summed E-state index contributed by atoms with van der Waals surface area (Å²) in [5, 5.41) is 6.00. The molecule has 0 radical (unpaired) electrons. The van der Waals surface area contributed by atoms with Crippen molar-refractivity contribution in [1.29, 1.82) is 0 Å². The van der Waals surface area contributed by atoms with Crippen molar-refractivity contribution in [3.05, 3.63) is 23.8 Å². The van der Waals surface area contributed by atoms with Crippen LogP contribution in [-0.4, -0.2) is 32.7 Å². The summed E-state index contributed by atoms with van der Waals surface area (Å²) in [5.74, 6) is 1.37. The molecule has 1 rings (SSSR count). The molecule has 2 N–H and O–H groups in total. The first-order chi connectivity index (χ1) is 10.1. The minimum absolute atomic E-state index is 0.0249. The predicted molar refractivity (Wildman–Crippen MR) is 83.8 cm³/mol. The van der Waals surface area contributed by atoms with Crippen LogP contribution < -0.4 is 20.1 Å². The highest BCUT2D eigenvalue weighted by atomic mass is 16.5. The van der Waals surface area contributed by atoms with Crippen molar-refractivity contribution in [1.82, 2.24) is 10.6 Å². The third-order valence-corrected chi connectivity index (χ3v) is 3.12. The highest BCUT2D eigenvalue weighted by Gasteiger charge is 2.10. The summed E-state index contributed by atoms with van der Waals surface area (Å²) in [6, 6.07) is 5.74. The Morgan fingerprint density at radius 3 is 2.76 bits per heavy atom. The van der Waals surface area contributed by atoms with E-state index in [1.165, 1.54) is 0 Å². The number of amides is 1. The molecule has 0 heterocycles. The summed E-state index contributed by atoms with van der Waals surface area (Å²) in [5.41, 5.74) is 0.964. The smallest absolute Gasteiger partial charge is 0.258 e. The largest absolute Gasteiger partial charge is 0.497 e. The van der Waals surface area contributed by atoms with Crippen LogP contribution in [0.15, 0.2) is 18.2 Å². The van der Waals surface area contributed by atoms with E-state index in [4.69, 9.17) is 9.47 Å². The van der Waals surface area contributed by atoms with E-state index >= 15 is 0 Å². The average molecular weight is 294 g/mol. The SMILES string of the molecule is CCCC(C)NC(=O)COc1ccc(OC)cc1CNC. The lowest BCUT2D eigenvalue weighted by Gasteiger charge is -2.15. The monoisotopic (exact) mass is 294 g/mol. The molecule has 1 amide bonds. The minimum atomic E-state index is -0.0952. The van der Waals surface area contributed by atoms with Crippen molar-refractivity contribution in [3.63, 3.8) is 0 Å². The third-order valence-electron chi connectivity index (χ3n) is 3.12. The van der Waals surface area contributed by atoms with E-state index in [1.807, 2.05) is 32.2 Å². The fourth-order valence-corrected chi connectivity index (χ4v) is 2.12. The van der Waals surface area contributed by atoms with Crippen LogP contribution in [-0.2, 0) is 11.3 Å². The molecule has 0 fully saturated rings. The second-order valence-electron chi connectivity index (χ2n) is 5.05. The Bertz CT molecular complexity index is 449. The summed E-state index contributed by atoms with van der Waals surface area (Å²) >= 11 is 0. The summed E-state index contributed by atoms with van der Waals surface area (Å²) in [7, 11) is 3.49. The minimum Gasteiger partial charge on any atom is -0.497 e. The fourth-order valence-electron chi connectivity index (χ4n) is 2.12. The molecular weight excluding hydrogens is 268 g/mol. The van der Waals surface area contributed by atoms with Crippen LogP contribution in [0.1, 0.15) is 32.3 Å². The van der Waals surface area contributed by atoms with Gasteiger partial charge in [-0.25, -0.2) is 0 Å².